The van der Waals surface area contributed by atoms with E-state index in [0.29, 0.717) is 0 Å². The summed E-state index contributed by atoms with van der Waals surface area (Å²) in [6, 6.07) is 0. The van der Waals surface area contributed by atoms with Gasteiger partial charge in [-0.3, -0.25) is 0 Å². The van der Waals surface area contributed by atoms with Crippen LogP contribution in [0.25, 0.3) is 0 Å². The number of nitrogens with zero attached hydrogens (tertiary/aromatic N) is 2. The molecule has 2 nitrogen and oxygen atoms in total. The predicted molar refractivity (Wildman–Crippen MR) is 56.7 cm³/mol. The first kappa shape index (κ1) is 9.96. The van der Waals surface area contributed by atoms with Crippen molar-refractivity contribution in [2.45, 2.75) is 13.1 Å². The third-order valence-corrected chi connectivity index (χ3v) is 5.89. The van der Waals surface area contributed by atoms with Gasteiger partial charge in [-0.25, -0.2) is 0 Å². The van der Waals surface area contributed by atoms with Gasteiger partial charge in [-0.15, -0.1) is 6.58 Å². The first-order chi connectivity index (χ1) is 5.56. The molecule has 1 heterocycles. The largest absolute Gasteiger partial charge is 0.318 e. The van der Waals surface area contributed by atoms with Crippen LogP contribution >= 0.6 is 0 Å². The minimum Gasteiger partial charge on any atom is -0.318 e. The maximum absolute atomic E-state index is 3.93. The summed E-state index contributed by atoms with van der Waals surface area (Å²) in [7, 11) is 0.959. The lowest BCUT2D eigenvalue weighted by Crippen LogP contribution is -2.55. The molecule has 1 fully saturated rings. The Morgan fingerprint density at radius 1 is 1.17 bits per heavy atom. The first-order valence-electron chi connectivity index (χ1n) is 4.63. The van der Waals surface area contributed by atoms with Crippen LogP contribution in [0.3, 0.4) is 0 Å². The van der Waals surface area contributed by atoms with Crippen LogP contribution < -0.4 is 0 Å². The van der Waals surface area contributed by atoms with Gasteiger partial charge in [0.05, 0.1) is 0 Å². The fraction of sp³-hybridized carbons (Fsp3) is 0.778. The van der Waals surface area contributed by atoms with E-state index in [2.05, 4.69) is 41.9 Å². The van der Waals surface area contributed by atoms with Crippen molar-refractivity contribution in [1.29, 1.82) is 0 Å². The molecule has 0 atom stereocenters. The summed E-state index contributed by atoms with van der Waals surface area (Å²) >= 11 is 0. The molecule has 70 valence electrons. The number of hydrogen-bond donors (Lipinski definition) is 0. The monoisotopic (exact) mass is 184 g/mol. The Hall–Kier alpha value is -0.123. The van der Waals surface area contributed by atoms with E-state index in [1.54, 1.807) is 0 Å². The van der Waals surface area contributed by atoms with Crippen LogP contribution in [0.5, 0.6) is 0 Å². The Labute approximate surface area is 76.9 Å². The quantitative estimate of drug-likeness (QED) is 0.594. The molecule has 0 aliphatic carbocycles. The van der Waals surface area contributed by atoms with Gasteiger partial charge in [-0.1, -0.05) is 18.8 Å². The Bertz CT molecular complexity index is 160. The highest BCUT2D eigenvalue weighted by Gasteiger charge is 2.27. The van der Waals surface area contributed by atoms with Crippen molar-refractivity contribution in [3.63, 3.8) is 0 Å². The zero-order valence-corrected chi connectivity index (χ0v) is 9.51. The SMILES string of the molecule is C=C[Si](C)(C)N1CCN(C)CC1. The number of rotatable bonds is 2. The van der Waals surface area contributed by atoms with E-state index in [0.717, 1.165) is 0 Å². The van der Waals surface area contributed by atoms with E-state index in [4.69, 9.17) is 0 Å². The molecular formula is C9H20N2Si. The normalized spacial score (nSPS) is 22.6. The average Bonchev–Trinajstić information content (AvgIpc) is 2.05. The zero-order valence-electron chi connectivity index (χ0n) is 8.51. The Morgan fingerprint density at radius 2 is 1.67 bits per heavy atom. The highest BCUT2D eigenvalue weighted by atomic mass is 28.3. The van der Waals surface area contributed by atoms with Gasteiger partial charge in [0.25, 0.3) is 0 Å². The smallest absolute Gasteiger partial charge is 0.146 e. The second kappa shape index (κ2) is 3.73. The van der Waals surface area contributed by atoms with Gasteiger partial charge in [0, 0.05) is 26.2 Å². The summed E-state index contributed by atoms with van der Waals surface area (Å²) in [4.78, 5) is 2.39. The average molecular weight is 184 g/mol. The summed E-state index contributed by atoms with van der Waals surface area (Å²) < 4.78 is 2.62. The third-order valence-electron chi connectivity index (χ3n) is 2.82. The Morgan fingerprint density at radius 3 is 2.08 bits per heavy atom. The summed E-state index contributed by atoms with van der Waals surface area (Å²) in [6.07, 6.45) is 0. The second-order valence-corrected chi connectivity index (χ2v) is 8.50. The van der Waals surface area contributed by atoms with Crippen molar-refractivity contribution in [3.05, 3.63) is 12.3 Å². The van der Waals surface area contributed by atoms with Crippen molar-refractivity contribution in [2.24, 2.45) is 0 Å². The van der Waals surface area contributed by atoms with Gasteiger partial charge in [-0.2, -0.15) is 0 Å². The lowest BCUT2D eigenvalue weighted by atomic mass is 10.4. The molecule has 0 spiro atoms. The van der Waals surface area contributed by atoms with Gasteiger partial charge >= 0.3 is 0 Å². The second-order valence-electron chi connectivity index (χ2n) is 4.15. The minimum absolute atomic E-state index is 1.21. The maximum atomic E-state index is 3.93. The molecule has 1 rings (SSSR count). The molecule has 0 N–H and O–H groups in total. The van der Waals surface area contributed by atoms with Gasteiger partial charge in [0.15, 0.2) is 0 Å². The van der Waals surface area contributed by atoms with Crippen molar-refractivity contribution < 1.29 is 0 Å². The van der Waals surface area contributed by atoms with Crippen molar-refractivity contribution in [2.75, 3.05) is 33.2 Å². The van der Waals surface area contributed by atoms with E-state index in [9.17, 15) is 0 Å². The summed E-state index contributed by atoms with van der Waals surface area (Å²) in [6.45, 7) is 13.5. The van der Waals surface area contributed by atoms with E-state index in [1.165, 1.54) is 26.2 Å². The molecule has 1 aliphatic rings. The fourth-order valence-corrected chi connectivity index (χ4v) is 3.12. The molecule has 1 aliphatic heterocycles. The van der Waals surface area contributed by atoms with Gasteiger partial charge in [-0.05, 0) is 7.05 Å². The highest BCUT2D eigenvalue weighted by Crippen LogP contribution is 2.12. The van der Waals surface area contributed by atoms with Crippen LogP contribution in [-0.2, 0) is 0 Å². The summed E-state index contributed by atoms with van der Waals surface area (Å²) in [5, 5.41) is 0. The van der Waals surface area contributed by atoms with Crippen LogP contribution in [0, 0.1) is 0 Å². The van der Waals surface area contributed by atoms with Crippen molar-refractivity contribution in [1.82, 2.24) is 9.47 Å². The highest BCUT2D eigenvalue weighted by molar-refractivity contribution is 6.79. The molecule has 0 aromatic rings. The zero-order chi connectivity index (χ0) is 9.19. The van der Waals surface area contributed by atoms with Crippen LogP contribution in [-0.4, -0.2) is 50.9 Å². The summed E-state index contributed by atoms with van der Waals surface area (Å²) in [5.74, 6) is 0. The van der Waals surface area contributed by atoms with Gasteiger partial charge in [0.1, 0.15) is 8.24 Å². The number of likely N-dealkylation sites (N-methyl/N-ethyl adjacent to an activating group) is 1. The molecule has 0 bridgehead atoms. The van der Waals surface area contributed by atoms with E-state index >= 15 is 0 Å². The molecule has 0 amide bonds. The van der Waals surface area contributed by atoms with Gasteiger partial charge in [0.2, 0.25) is 0 Å². The first-order valence-corrected chi connectivity index (χ1v) is 7.66. The predicted octanol–water partition coefficient (Wildman–Crippen LogP) is 1.16. The maximum Gasteiger partial charge on any atom is 0.146 e. The number of hydrogen-bond acceptors (Lipinski definition) is 2. The third kappa shape index (κ3) is 2.18. The van der Waals surface area contributed by atoms with Crippen molar-refractivity contribution in [3.8, 4) is 0 Å². The van der Waals surface area contributed by atoms with Crippen LogP contribution in [0.1, 0.15) is 0 Å². The summed E-state index contributed by atoms with van der Waals surface area (Å²) in [5.41, 5.74) is 2.18. The van der Waals surface area contributed by atoms with E-state index < -0.39 is 8.24 Å². The molecular weight excluding hydrogens is 164 g/mol. The molecule has 0 unspecified atom stereocenters. The topological polar surface area (TPSA) is 6.48 Å². The molecule has 0 aromatic heterocycles. The molecule has 0 aromatic carbocycles. The minimum atomic E-state index is -1.24. The molecule has 3 heteroatoms. The van der Waals surface area contributed by atoms with Crippen LogP contribution in [0.15, 0.2) is 12.3 Å². The molecule has 12 heavy (non-hydrogen) atoms. The van der Waals surface area contributed by atoms with Crippen LogP contribution in [0.2, 0.25) is 13.1 Å². The lowest BCUT2D eigenvalue weighted by Gasteiger charge is -2.40. The standard InChI is InChI=1S/C9H20N2Si/c1-5-12(3,4)11-8-6-10(2)7-9-11/h5H,1,6-9H2,2-4H3. The Kier molecular flexibility index (Phi) is 3.09. The van der Waals surface area contributed by atoms with Crippen LogP contribution in [0.4, 0.5) is 0 Å². The molecule has 1 saturated heterocycles. The van der Waals surface area contributed by atoms with E-state index in [-0.39, 0.29) is 0 Å². The molecule has 0 radical (unpaired) electrons. The number of piperazine rings is 1. The fourth-order valence-electron chi connectivity index (χ4n) is 1.51. The Balaban J connectivity index is 2.49. The van der Waals surface area contributed by atoms with Crippen molar-refractivity contribution >= 4 is 8.24 Å². The molecule has 0 saturated carbocycles. The van der Waals surface area contributed by atoms with E-state index in [1.807, 2.05) is 0 Å². The lowest BCUT2D eigenvalue weighted by molar-refractivity contribution is 0.218. The van der Waals surface area contributed by atoms with Gasteiger partial charge < -0.3 is 9.47 Å².